The number of hydrogen-bond donors (Lipinski definition) is 3. The fraction of sp³-hybridized carbons (Fsp3) is 0.676. The Morgan fingerprint density at radius 2 is 1.65 bits per heavy atom. The summed E-state index contributed by atoms with van der Waals surface area (Å²) in [5, 5.41) is 28.5. The van der Waals surface area contributed by atoms with E-state index >= 15 is 0 Å². The van der Waals surface area contributed by atoms with Crippen molar-refractivity contribution in [3.63, 3.8) is 0 Å². The number of carbonyl (C=O) groups excluding carboxylic acids is 4. The molecule has 1 heterocycles. The third-order valence-corrected chi connectivity index (χ3v) is 12.8. The molecular weight excluding hydrogens is 618 g/mol. The number of hydrogen-bond acceptors (Lipinski definition) is 11. The summed E-state index contributed by atoms with van der Waals surface area (Å²) >= 11 is 0. The maximum atomic E-state index is 14.9. The molecule has 11 heteroatoms. The van der Waals surface area contributed by atoms with E-state index in [4.69, 9.17) is 18.9 Å². The highest BCUT2D eigenvalue weighted by atomic mass is 16.6. The van der Waals surface area contributed by atoms with Gasteiger partial charge in [-0.3, -0.25) is 14.4 Å². The zero-order valence-electron chi connectivity index (χ0n) is 29.7. The number of nitrogens with one attached hydrogen (secondary N) is 1. The van der Waals surface area contributed by atoms with Gasteiger partial charge in [-0.2, -0.15) is 0 Å². The van der Waals surface area contributed by atoms with Crippen LogP contribution >= 0.6 is 0 Å². The van der Waals surface area contributed by atoms with Crippen molar-refractivity contribution in [1.29, 1.82) is 0 Å². The van der Waals surface area contributed by atoms with Crippen LogP contribution in [0.4, 0.5) is 0 Å². The fourth-order valence-electron chi connectivity index (χ4n) is 8.51. The Morgan fingerprint density at radius 3 is 2.19 bits per heavy atom. The Bertz CT molecular complexity index is 1510. The lowest BCUT2D eigenvalue weighted by molar-refractivity contribution is -0.279. The molecule has 1 unspecified atom stereocenters. The standard InChI is InChI=1S/C37H51NO10/c1-19-24(47-32(43)34(5,6)35(7,8)38-10)17-37(44)30(48-31(42)21-14-12-11-13-15-21)27-22-18-45-23(22)16-25(46-20(2)39)36(27,9)29(41)28(40)26(19)33(37,3)4/h11-15,22-25,27-28,30,38,40,44H,16-18H2,1-10H3/t22-,23-,24+,25+,27?,28-,30+,36-,37-/m1/s1. The van der Waals surface area contributed by atoms with Crippen LogP contribution in [-0.4, -0.2) is 89.2 Å². The average Bonchev–Trinajstić information content (AvgIpc) is 3.00. The molecule has 1 aromatic rings. The summed E-state index contributed by atoms with van der Waals surface area (Å²) in [7, 11) is 1.75. The Hall–Kier alpha value is -3.12. The van der Waals surface area contributed by atoms with Gasteiger partial charge in [-0.05, 0) is 71.9 Å². The van der Waals surface area contributed by atoms with E-state index in [1.165, 1.54) is 6.92 Å². The molecule has 2 bridgehead atoms. The number of aliphatic hydroxyl groups excluding tert-OH is 1. The van der Waals surface area contributed by atoms with Crippen LogP contribution < -0.4 is 5.32 Å². The summed E-state index contributed by atoms with van der Waals surface area (Å²) in [6.45, 7) is 15.5. The maximum absolute atomic E-state index is 14.9. The van der Waals surface area contributed by atoms with Crippen molar-refractivity contribution in [3.05, 3.63) is 47.0 Å². The lowest BCUT2D eigenvalue weighted by Gasteiger charge is -2.64. The molecule has 1 aromatic carbocycles. The molecule has 264 valence electrons. The molecule has 11 nitrogen and oxygen atoms in total. The van der Waals surface area contributed by atoms with E-state index in [1.807, 2.05) is 13.8 Å². The van der Waals surface area contributed by atoms with E-state index in [2.05, 4.69) is 5.32 Å². The summed E-state index contributed by atoms with van der Waals surface area (Å²) in [4.78, 5) is 55.1. The van der Waals surface area contributed by atoms with Crippen molar-refractivity contribution < 1.29 is 48.3 Å². The van der Waals surface area contributed by atoms with Crippen LogP contribution in [0.25, 0.3) is 0 Å². The number of Topliss-reactive ketones (excluding diaryl/α,β-unsaturated/α-hetero) is 1. The van der Waals surface area contributed by atoms with Crippen LogP contribution in [0.1, 0.15) is 85.5 Å². The monoisotopic (exact) mass is 669 g/mol. The van der Waals surface area contributed by atoms with Crippen molar-refractivity contribution in [3.8, 4) is 0 Å². The highest BCUT2D eigenvalue weighted by Crippen LogP contribution is 2.62. The van der Waals surface area contributed by atoms with Crippen LogP contribution in [0.5, 0.6) is 0 Å². The third kappa shape index (κ3) is 5.23. The predicted molar refractivity (Wildman–Crippen MR) is 175 cm³/mol. The van der Waals surface area contributed by atoms with Crippen LogP contribution in [0.2, 0.25) is 0 Å². The Kier molecular flexibility index (Phi) is 9.07. The lowest BCUT2D eigenvalue weighted by atomic mass is 9.46. The summed E-state index contributed by atoms with van der Waals surface area (Å²) in [6.07, 6.45) is -5.65. The van der Waals surface area contributed by atoms with Gasteiger partial charge in [0.15, 0.2) is 5.78 Å². The molecule has 3 N–H and O–H groups in total. The molecule has 2 saturated carbocycles. The number of aliphatic hydroxyl groups is 2. The van der Waals surface area contributed by atoms with E-state index in [0.29, 0.717) is 5.57 Å². The Balaban J connectivity index is 1.73. The first-order valence-corrected chi connectivity index (χ1v) is 16.8. The molecular formula is C37H51NO10. The van der Waals surface area contributed by atoms with Gasteiger partial charge in [0.2, 0.25) is 0 Å². The fourth-order valence-corrected chi connectivity index (χ4v) is 8.51. The largest absolute Gasteiger partial charge is 0.461 e. The Morgan fingerprint density at radius 1 is 1.02 bits per heavy atom. The first kappa shape index (κ1) is 36.2. The molecule has 1 aliphatic heterocycles. The number of ketones is 1. The SMILES string of the molecule is CNC(C)(C)C(C)(C)C(=O)O[C@H]1C[C@@]2(O)[C@@H](OC(=O)c3ccccc3)C3[C@@H]4CO[C@@H]4C[C@H](OC(C)=O)[C@@]3(C)C(=O)[C@H](O)C(=C1C)C2(C)C. The van der Waals surface area contributed by atoms with Crippen LogP contribution in [0.3, 0.4) is 0 Å². The molecule has 0 aromatic heterocycles. The van der Waals surface area contributed by atoms with Gasteiger partial charge in [-0.1, -0.05) is 32.0 Å². The lowest BCUT2D eigenvalue weighted by Crippen LogP contribution is -2.75. The summed E-state index contributed by atoms with van der Waals surface area (Å²) in [5.41, 5.74) is -5.79. The molecule has 3 aliphatic carbocycles. The second kappa shape index (κ2) is 12.0. The molecule has 4 aliphatic rings. The van der Waals surface area contributed by atoms with Gasteiger partial charge in [0, 0.05) is 42.6 Å². The molecule has 48 heavy (non-hydrogen) atoms. The van der Waals surface area contributed by atoms with Crippen molar-refractivity contribution >= 4 is 23.7 Å². The first-order chi connectivity index (χ1) is 22.2. The van der Waals surface area contributed by atoms with Gasteiger partial charge in [-0.25, -0.2) is 4.79 Å². The Labute approximate surface area is 282 Å². The van der Waals surface area contributed by atoms with E-state index in [0.717, 1.165) is 0 Å². The number of benzene rings is 1. The number of fused-ring (bicyclic) bond motifs is 5. The van der Waals surface area contributed by atoms with E-state index in [-0.39, 0.29) is 36.5 Å². The minimum absolute atomic E-state index is 0.179. The van der Waals surface area contributed by atoms with Gasteiger partial charge in [0.05, 0.1) is 29.1 Å². The molecule has 9 atom stereocenters. The number of rotatable bonds is 7. The smallest absolute Gasteiger partial charge is 0.338 e. The summed E-state index contributed by atoms with van der Waals surface area (Å²) < 4.78 is 24.3. The van der Waals surface area contributed by atoms with Gasteiger partial charge in [0.25, 0.3) is 0 Å². The number of esters is 3. The third-order valence-electron chi connectivity index (χ3n) is 12.8. The van der Waals surface area contributed by atoms with Gasteiger partial charge >= 0.3 is 17.9 Å². The van der Waals surface area contributed by atoms with Crippen molar-refractivity contribution in [1.82, 2.24) is 5.32 Å². The topological polar surface area (TPSA) is 158 Å². The number of ether oxygens (including phenoxy) is 4. The zero-order chi connectivity index (χ0) is 35.8. The second-order valence-electron chi connectivity index (χ2n) is 15.9. The predicted octanol–water partition coefficient (Wildman–Crippen LogP) is 3.54. The average molecular weight is 670 g/mol. The molecule has 1 saturated heterocycles. The molecule has 0 radical (unpaired) electrons. The highest BCUT2D eigenvalue weighted by Gasteiger charge is 2.73. The van der Waals surface area contributed by atoms with Crippen LogP contribution in [0, 0.1) is 28.1 Å². The minimum atomic E-state index is -1.98. The van der Waals surface area contributed by atoms with E-state index < -0.39 is 87.5 Å². The maximum Gasteiger partial charge on any atom is 0.338 e. The van der Waals surface area contributed by atoms with Gasteiger partial charge in [0.1, 0.15) is 30.0 Å². The van der Waals surface area contributed by atoms with Crippen molar-refractivity contribution in [2.75, 3.05) is 13.7 Å². The normalized spacial score (nSPS) is 36.0. The van der Waals surface area contributed by atoms with Crippen LogP contribution in [-0.2, 0) is 33.3 Å². The van der Waals surface area contributed by atoms with E-state index in [9.17, 15) is 29.4 Å². The summed E-state index contributed by atoms with van der Waals surface area (Å²) in [6, 6.07) is 8.34. The van der Waals surface area contributed by atoms with Gasteiger partial charge < -0.3 is 34.5 Å². The quantitative estimate of drug-likeness (QED) is 0.222. The number of carbonyl (C=O) groups is 4. The van der Waals surface area contributed by atoms with Crippen LogP contribution in [0.15, 0.2) is 41.5 Å². The summed E-state index contributed by atoms with van der Waals surface area (Å²) in [5.74, 6) is -3.83. The molecule has 5 rings (SSSR count). The highest BCUT2D eigenvalue weighted by molar-refractivity contribution is 5.94. The van der Waals surface area contributed by atoms with Crippen molar-refractivity contribution in [2.24, 2.45) is 28.1 Å². The second-order valence-corrected chi connectivity index (χ2v) is 15.9. The minimum Gasteiger partial charge on any atom is -0.461 e. The molecule has 3 fully saturated rings. The first-order valence-electron chi connectivity index (χ1n) is 16.8. The van der Waals surface area contributed by atoms with E-state index in [1.54, 1.807) is 78.9 Å². The van der Waals surface area contributed by atoms with Crippen molar-refractivity contribution in [2.45, 2.75) is 117 Å². The molecule has 0 amide bonds. The van der Waals surface area contributed by atoms with Gasteiger partial charge in [-0.15, -0.1) is 0 Å². The molecule has 0 spiro atoms. The zero-order valence-corrected chi connectivity index (χ0v) is 29.7.